The maximum absolute atomic E-state index is 12.4. The Morgan fingerprint density at radius 3 is 2.87 bits per heavy atom. The van der Waals surface area contributed by atoms with E-state index in [1.54, 1.807) is 40.0 Å². The highest BCUT2D eigenvalue weighted by atomic mass is 16.6. The first-order chi connectivity index (χ1) is 14.8. The quantitative estimate of drug-likeness (QED) is 0.579. The average molecular weight is 429 g/mol. The first-order valence-electron chi connectivity index (χ1n) is 10.5. The van der Waals surface area contributed by atoms with Crippen molar-refractivity contribution in [1.82, 2.24) is 5.32 Å². The minimum Gasteiger partial charge on any atom is -0.496 e. The van der Waals surface area contributed by atoms with Crippen LogP contribution in [0.4, 0.5) is 0 Å². The van der Waals surface area contributed by atoms with Crippen LogP contribution >= 0.6 is 0 Å². The van der Waals surface area contributed by atoms with Crippen molar-refractivity contribution in [3.05, 3.63) is 47.5 Å². The zero-order chi connectivity index (χ0) is 22.2. The Morgan fingerprint density at radius 2 is 2.23 bits per heavy atom. The summed E-state index contributed by atoms with van der Waals surface area (Å²) < 4.78 is 22.9. The van der Waals surface area contributed by atoms with Gasteiger partial charge in [0.05, 0.1) is 31.1 Å². The summed E-state index contributed by atoms with van der Waals surface area (Å²) in [5.74, 6) is 1.28. The molecule has 1 unspecified atom stereocenters. The molecular weight excluding hydrogens is 400 g/mol. The minimum atomic E-state index is -1.02. The second-order valence-electron chi connectivity index (χ2n) is 8.29. The third-order valence-electron chi connectivity index (χ3n) is 5.58. The molecule has 0 saturated heterocycles. The molecule has 3 heterocycles. The molecule has 0 aromatic heterocycles. The summed E-state index contributed by atoms with van der Waals surface area (Å²) in [4.78, 5) is 13.7. The number of hydrogen-bond donors (Lipinski definition) is 3. The fourth-order valence-corrected chi connectivity index (χ4v) is 3.94. The molecule has 1 aromatic rings. The van der Waals surface area contributed by atoms with Gasteiger partial charge in [-0.05, 0) is 38.5 Å². The Labute approximate surface area is 181 Å². The van der Waals surface area contributed by atoms with E-state index in [0.717, 1.165) is 23.4 Å². The fraction of sp³-hybridized carbons (Fsp3) is 0.435. The van der Waals surface area contributed by atoms with Crippen LogP contribution in [0.2, 0.25) is 0 Å². The van der Waals surface area contributed by atoms with Crippen molar-refractivity contribution >= 4 is 11.5 Å². The van der Waals surface area contributed by atoms with Gasteiger partial charge >= 0.3 is 5.97 Å². The molecule has 8 heteroatoms. The van der Waals surface area contributed by atoms with Gasteiger partial charge < -0.3 is 29.4 Å². The maximum Gasteiger partial charge on any atom is 0.374 e. The molecule has 8 nitrogen and oxygen atoms in total. The van der Waals surface area contributed by atoms with E-state index in [-0.39, 0.29) is 12.4 Å². The molecule has 31 heavy (non-hydrogen) atoms. The molecule has 4 rings (SSSR count). The van der Waals surface area contributed by atoms with E-state index in [1.807, 2.05) is 6.20 Å². The van der Waals surface area contributed by atoms with Crippen molar-refractivity contribution in [3.63, 3.8) is 0 Å². The fourth-order valence-electron chi connectivity index (χ4n) is 3.94. The van der Waals surface area contributed by atoms with Gasteiger partial charge in [-0.1, -0.05) is 0 Å². The van der Waals surface area contributed by atoms with Gasteiger partial charge in [-0.15, -0.1) is 0 Å². The highest BCUT2D eigenvalue weighted by Gasteiger charge is 2.39. The van der Waals surface area contributed by atoms with Crippen LogP contribution in [0.25, 0.3) is 5.57 Å². The second kappa shape index (κ2) is 8.28. The first kappa shape index (κ1) is 21.3. The zero-order valence-corrected chi connectivity index (χ0v) is 18.3. The second-order valence-corrected chi connectivity index (χ2v) is 8.29. The number of quaternary nitrogens is 1. The summed E-state index contributed by atoms with van der Waals surface area (Å²) in [6, 6.07) is 1.77. The summed E-state index contributed by atoms with van der Waals surface area (Å²) in [5.41, 5.74) is 1.45. The predicted molar refractivity (Wildman–Crippen MR) is 114 cm³/mol. The molecule has 3 aliphatic heterocycles. The van der Waals surface area contributed by atoms with Crippen LogP contribution < -0.4 is 24.4 Å². The lowest BCUT2D eigenvalue weighted by atomic mass is 9.92. The lowest BCUT2D eigenvalue weighted by molar-refractivity contribution is -0.836. The van der Waals surface area contributed by atoms with Crippen molar-refractivity contribution in [2.24, 2.45) is 0 Å². The Balaban J connectivity index is 1.78. The number of ether oxygens (including phenoxy) is 4. The van der Waals surface area contributed by atoms with Gasteiger partial charge in [0.15, 0.2) is 6.67 Å². The summed E-state index contributed by atoms with van der Waals surface area (Å²) >= 11 is 0. The largest absolute Gasteiger partial charge is 0.496 e. The molecule has 0 bridgehead atoms. The Kier molecular flexibility index (Phi) is 5.68. The summed E-state index contributed by atoms with van der Waals surface area (Å²) in [5, 5.41) is 13.6. The van der Waals surface area contributed by atoms with Crippen molar-refractivity contribution in [2.45, 2.75) is 38.9 Å². The molecule has 0 amide bonds. The number of fused-ring (bicyclic) bond motifs is 2. The lowest BCUT2D eigenvalue weighted by Gasteiger charge is -2.24. The van der Waals surface area contributed by atoms with E-state index < -0.39 is 17.7 Å². The Bertz CT molecular complexity index is 973. The molecule has 2 atom stereocenters. The maximum atomic E-state index is 12.4. The van der Waals surface area contributed by atoms with Crippen molar-refractivity contribution in [2.75, 3.05) is 26.9 Å². The van der Waals surface area contributed by atoms with Crippen LogP contribution in [-0.4, -0.2) is 49.7 Å². The van der Waals surface area contributed by atoms with Crippen LogP contribution in [0.5, 0.6) is 17.2 Å². The van der Waals surface area contributed by atoms with Crippen molar-refractivity contribution in [1.29, 1.82) is 0 Å². The average Bonchev–Trinajstić information content (AvgIpc) is 3.39. The van der Waals surface area contributed by atoms with Crippen molar-refractivity contribution < 1.29 is 33.7 Å². The number of carbonyl (C=O) groups excluding carboxylic acids is 1. The first-order valence-corrected chi connectivity index (χ1v) is 10.5. The molecule has 3 N–H and O–H groups in total. The van der Waals surface area contributed by atoms with Crippen LogP contribution in [0.1, 0.15) is 31.9 Å². The Morgan fingerprint density at radius 1 is 1.42 bits per heavy atom. The van der Waals surface area contributed by atoms with Crippen LogP contribution in [0.15, 0.2) is 36.4 Å². The van der Waals surface area contributed by atoms with Gasteiger partial charge in [-0.25, -0.2) is 4.79 Å². The summed E-state index contributed by atoms with van der Waals surface area (Å²) in [7, 11) is 1.61. The molecule has 0 radical (unpaired) electrons. The molecular formula is C23H29N2O6+. The number of nitrogens with one attached hydrogen (secondary N) is 2. The number of esters is 1. The molecule has 0 fully saturated rings. The number of methoxy groups -OCH3 is 1. The van der Waals surface area contributed by atoms with Gasteiger partial charge in [0.1, 0.15) is 36.1 Å². The number of hydrogen-bond acceptors (Lipinski definition) is 7. The van der Waals surface area contributed by atoms with Crippen LogP contribution in [-0.2, 0) is 16.0 Å². The number of rotatable bonds is 6. The van der Waals surface area contributed by atoms with E-state index in [0.29, 0.717) is 30.2 Å². The zero-order valence-electron chi connectivity index (χ0n) is 18.3. The summed E-state index contributed by atoms with van der Waals surface area (Å²) in [6.07, 6.45) is 7.84. The number of carbonyl (C=O) groups is 1. The highest BCUT2D eigenvalue weighted by Crippen LogP contribution is 2.49. The molecule has 0 saturated carbocycles. The number of aliphatic hydroxyl groups is 1. The monoisotopic (exact) mass is 429 g/mol. The smallest absolute Gasteiger partial charge is 0.374 e. The standard InChI is InChI=1S/C23H28N2O6/c1-5-29-22(26)18-10-14(6-8-25-9-7-24-13-25)20-17(30-18)12-16-15(21(20)28-4)11-19(31-16)23(2,3)27/h6-7,9-10,12,19,24,27H,5,8,11,13H2,1-4H3/p+1/b14-6+/t19-/m0/s1. The molecule has 0 spiro atoms. The van der Waals surface area contributed by atoms with E-state index in [4.69, 9.17) is 18.9 Å². The highest BCUT2D eigenvalue weighted by molar-refractivity contribution is 5.95. The number of benzene rings is 1. The van der Waals surface area contributed by atoms with Gasteiger partial charge in [0.25, 0.3) is 0 Å². The third-order valence-corrected chi connectivity index (χ3v) is 5.58. The van der Waals surface area contributed by atoms with E-state index in [1.165, 1.54) is 4.90 Å². The van der Waals surface area contributed by atoms with Crippen LogP contribution in [0.3, 0.4) is 0 Å². The van der Waals surface area contributed by atoms with E-state index in [9.17, 15) is 9.90 Å². The van der Waals surface area contributed by atoms with Crippen molar-refractivity contribution in [3.8, 4) is 17.2 Å². The van der Waals surface area contributed by atoms with E-state index in [2.05, 4.69) is 17.6 Å². The minimum absolute atomic E-state index is 0.115. The molecule has 1 aromatic carbocycles. The van der Waals surface area contributed by atoms with Gasteiger partial charge in [-0.2, -0.15) is 0 Å². The molecule has 0 aliphatic carbocycles. The number of allylic oxidation sites excluding steroid dienone is 2. The van der Waals surface area contributed by atoms with Gasteiger partial charge in [0, 0.05) is 18.1 Å². The van der Waals surface area contributed by atoms with Crippen LogP contribution in [0, 0.1) is 0 Å². The van der Waals surface area contributed by atoms with E-state index >= 15 is 0 Å². The summed E-state index contributed by atoms with van der Waals surface area (Å²) in [6.45, 7) is 6.96. The molecule has 166 valence electrons. The third kappa shape index (κ3) is 4.13. The molecule has 3 aliphatic rings. The Hall–Kier alpha value is -2.97. The normalized spacial score (nSPS) is 22.7. The van der Waals surface area contributed by atoms with Gasteiger partial charge in [-0.3, -0.25) is 4.90 Å². The van der Waals surface area contributed by atoms with Gasteiger partial charge in [0.2, 0.25) is 5.76 Å². The topological polar surface area (TPSA) is 90.7 Å². The SMILES string of the molecule is CCOC(=O)C1=C/C(=C\C[NH+]2C=CNC2)c2c(cc3c(c2OC)C[C@@H](C(C)(C)O)O3)O1. The lowest BCUT2D eigenvalue weighted by Crippen LogP contribution is -3.07. The predicted octanol–water partition coefficient (Wildman–Crippen LogP) is 0.909.